The fourth-order valence-electron chi connectivity index (χ4n) is 2.28. The minimum Gasteiger partial charge on any atom is -0.310 e. The Hall–Kier alpha value is -1.32. The molecule has 0 aromatic heterocycles. The summed E-state index contributed by atoms with van der Waals surface area (Å²) >= 11 is 1.56. The van der Waals surface area contributed by atoms with Gasteiger partial charge in [-0.3, -0.25) is 0 Å². The number of hydrogen-bond acceptors (Lipinski definition) is 2. The van der Waals surface area contributed by atoms with Gasteiger partial charge >= 0.3 is 0 Å². The largest absolute Gasteiger partial charge is 0.310 e. The van der Waals surface area contributed by atoms with Crippen molar-refractivity contribution in [2.75, 3.05) is 0 Å². The number of benzene rings is 2. The van der Waals surface area contributed by atoms with Crippen LogP contribution >= 0.6 is 11.8 Å². The van der Waals surface area contributed by atoms with Crippen molar-refractivity contribution in [3.63, 3.8) is 0 Å². The fraction of sp³-hybridized carbons (Fsp3) is 0.333. The van der Waals surface area contributed by atoms with Gasteiger partial charge in [0.25, 0.3) is 0 Å². The van der Waals surface area contributed by atoms with E-state index in [0.29, 0.717) is 6.04 Å². The summed E-state index contributed by atoms with van der Waals surface area (Å²) in [7, 11) is 0. The minimum absolute atomic E-state index is 0.109. The van der Waals surface area contributed by atoms with Crippen molar-refractivity contribution in [3.05, 3.63) is 65.0 Å². The van der Waals surface area contributed by atoms with Gasteiger partial charge < -0.3 is 5.32 Å². The normalized spacial score (nSPS) is 14.4. The molecular formula is C18H20FNS. The van der Waals surface area contributed by atoms with Crippen LogP contribution in [0.15, 0.2) is 47.4 Å². The molecule has 0 saturated heterocycles. The molecule has 2 aromatic rings. The van der Waals surface area contributed by atoms with Crippen LogP contribution in [0, 0.1) is 12.7 Å². The monoisotopic (exact) mass is 301 g/mol. The third-order valence-electron chi connectivity index (χ3n) is 3.65. The average Bonchev–Trinajstić information content (AvgIpc) is 3.28. The maximum Gasteiger partial charge on any atom is 0.137 e. The molecule has 3 heteroatoms. The Bertz CT molecular complexity index is 622. The molecule has 110 valence electrons. The quantitative estimate of drug-likeness (QED) is 0.778. The first kappa shape index (κ1) is 14.6. The van der Waals surface area contributed by atoms with Crippen LogP contribution in [0.5, 0.6) is 0 Å². The van der Waals surface area contributed by atoms with Crippen LogP contribution in [-0.2, 0) is 12.3 Å². The fourth-order valence-corrected chi connectivity index (χ4v) is 3.15. The molecule has 3 rings (SSSR count). The van der Waals surface area contributed by atoms with Gasteiger partial charge in [-0.05, 0) is 43.0 Å². The highest BCUT2D eigenvalue weighted by molar-refractivity contribution is 7.98. The first-order valence-electron chi connectivity index (χ1n) is 7.41. The summed E-state index contributed by atoms with van der Waals surface area (Å²) in [5, 5.41) is 3.41. The molecule has 1 nitrogen and oxygen atoms in total. The van der Waals surface area contributed by atoms with Crippen molar-refractivity contribution in [1.29, 1.82) is 0 Å². The van der Waals surface area contributed by atoms with Crippen LogP contribution in [0.25, 0.3) is 0 Å². The topological polar surface area (TPSA) is 12.0 Å². The number of aryl methyl sites for hydroxylation is 1. The van der Waals surface area contributed by atoms with Crippen molar-refractivity contribution in [2.24, 2.45) is 0 Å². The Morgan fingerprint density at radius 2 is 2.00 bits per heavy atom. The van der Waals surface area contributed by atoms with Gasteiger partial charge in [-0.2, -0.15) is 0 Å². The second kappa shape index (κ2) is 6.63. The number of rotatable bonds is 6. The van der Waals surface area contributed by atoms with E-state index in [1.54, 1.807) is 17.8 Å². The molecule has 1 aliphatic carbocycles. The molecule has 21 heavy (non-hydrogen) atoms. The van der Waals surface area contributed by atoms with Gasteiger partial charge in [0.2, 0.25) is 0 Å². The third-order valence-corrected chi connectivity index (χ3v) is 4.77. The predicted molar refractivity (Wildman–Crippen MR) is 87.0 cm³/mol. The Kier molecular flexibility index (Phi) is 4.61. The zero-order valence-electron chi connectivity index (χ0n) is 12.2. The van der Waals surface area contributed by atoms with Gasteiger partial charge in [-0.1, -0.05) is 35.9 Å². The van der Waals surface area contributed by atoms with E-state index < -0.39 is 0 Å². The van der Waals surface area contributed by atoms with E-state index in [0.717, 1.165) is 22.8 Å². The Balaban J connectivity index is 1.59. The molecule has 1 saturated carbocycles. The van der Waals surface area contributed by atoms with Crippen molar-refractivity contribution < 1.29 is 4.39 Å². The van der Waals surface area contributed by atoms with E-state index in [2.05, 4.69) is 30.4 Å². The maximum absolute atomic E-state index is 14.1. The zero-order chi connectivity index (χ0) is 14.7. The van der Waals surface area contributed by atoms with Crippen molar-refractivity contribution in [2.45, 2.75) is 43.0 Å². The van der Waals surface area contributed by atoms with E-state index in [1.807, 2.05) is 18.2 Å². The molecule has 1 fully saturated rings. The molecule has 0 radical (unpaired) electrons. The smallest absolute Gasteiger partial charge is 0.137 e. The molecule has 0 amide bonds. The molecule has 1 aliphatic rings. The summed E-state index contributed by atoms with van der Waals surface area (Å²) in [6.07, 6.45) is 2.51. The molecule has 0 unspecified atom stereocenters. The van der Waals surface area contributed by atoms with E-state index in [9.17, 15) is 4.39 Å². The van der Waals surface area contributed by atoms with Crippen LogP contribution in [0.2, 0.25) is 0 Å². The molecule has 0 bridgehead atoms. The lowest BCUT2D eigenvalue weighted by Gasteiger charge is -2.07. The second-order valence-electron chi connectivity index (χ2n) is 5.70. The van der Waals surface area contributed by atoms with Crippen LogP contribution in [0.3, 0.4) is 0 Å². The standard InChI is InChI=1S/C18H20FNS/c1-13-3-2-4-15(9-13)12-21-18-8-5-14(10-17(18)19)11-20-16-6-7-16/h2-5,8-10,16,20H,6-7,11-12H2,1H3. The molecule has 0 spiro atoms. The Morgan fingerprint density at radius 1 is 1.14 bits per heavy atom. The van der Waals surface area contributed by atoms with Crippen molar-refractivity contribution in [3.8, 4) is 0 Å². The van der Waals surface area contributed by atoms with Gasteiger partial charge in [-0.15, -0.1) is 11.8 Å². The molecule has 1 N–H and O–H groups in total. The first-order chi connectivity index (χ1) is 10.2. The highest BCUT2D eigenvalue weighted by Crippen LogP contribution is 2.27. The predicted octanol–water partition coefficient (Wildman–Crippen LogP) is 4.68. The SMILES string of the molecule is Cc1cccc(CSc2ccc(CNC3CC3)cc2F)c1. The van der Waals surface area contributed by atoms with Gasteiger partial charge in [0.05, 0.1) is 0 Å². The summed E-state index contributed by atoms with van der Waals surface area (Å²) in [5.74, 6) is 0.695. The van der Waals surface area contributed by atoms with Gasteiger partial charge in [-0.25, -0.2) is 4.39 Å². The van der Waals surface area contributed by atoms with Gasteiger partial charge in [0, 0.05) is 23.2 Å². The van der Waals surface area contributed by atoms with Crippen LogP contribution < -0.4 is 5.32 Å². The van der Waals surface area contributed by atoms with Crippen LogP contribution in [0.1, 0.15) is 29.5 Å². The molecule has 0 atom stereocenters. The second-order valence-corrected chi connectivity index (χ2v) is 6.71. The number of hydrogen-bond donors (Lipinski definition) is 1. The van der Waals surface area contributed by atoms with E-state index in [1.165, 1.54) is 24.0 Å². The maximum atomic E-state index is 14.1. The summed E-state index contributed by atoms with van der Waals surface area (Å²) in [6.45, 7) is 2.85. The molecule has 2 aromatic carbocycles. The third kappa shape index (κ3) is 4.32. The zero-order valence-corrected chi connectivity index (χ0v) is 13.0. The number of nitrogens with one attached hydrogen (secondary N) is 1. The number of halogens is 1. The number of thioether (sulfide) groups is 1. The highest BCUT2D eigenvalue weighted by atomic mass is 32.2. The lowest BCUT2D eigenvalue weighted by molar-refractivity contribution is 0.595. The summed E-state index contributed by atoms with van der Waals surface area (Å²) in [5.41, 5.74) is 3.51. The van der Waals surface area contributed by atoms with Crippen molar-refractivity contribution >= 4 is 11.8 Å². The van der Waals surface area contributed by atoms with Crippen LogP contribution in [0.4, 0.5) is 4.39 Å². The molecule has 0 heterocycles. The summed E-state index contributed by atoms with van der Waals surface area (Å²) in [6, 6.07) is 14.6. The van der Waals surface area contributed by atoms with Gasteiger partial charge in [0.1, 0.15) is 5.82 Å². The lowest BCUT2D eigenvalue weighted by Crippen LogP contribution is -2.15. The highest BCUT2D eigenvalue weighted by Gasteiger charge is 2.20. The molecule has 0 aliphatic heterocycles. The van der Waals surface area contributed by atoms with Gasteiger partial charge in [0.15, 0.2) is 0 Å². The van der Waals surface area contributed by atoms with E-state index in [-0.39, 0.29) is 5.82 Å². The Labute approximate surface area is 130 Å². The first-order valence-corrected chi connectivity index (χ1v) is 8.39. The summed E-state index contributed by atoms with van der Waals surface area (Å²) in [4.78, 5) is 0.728. The minimum atomic E-state index is -0.109. The van der Waals surface area contributed by atoms with Crippen molar-refractivity contribution in [1.82, 2.24) is 5.32 Å². The average molecular weight is 301 g/mol. The lowest BCUT2D eigenvalue weighted by atomic mass is 10.2. The molecular weight excluding hydrogens is 281 g/mol. The van der Waals surface area contributed by atoms with E-state index >= 15 is 0 Å². The van der Waals surface area contributed by atoms with Crippen LogP contribution in [-0.4, -0.2) is 6.04 Å². The Morgan fingerprint density at radius 3 is 2.71 bits per heavy atom. The van der Waals surface area contributed by atoms with E-state index in [4.69, 9.17) is 0 Å². The summed E-state index contributed by atoms with van der Waals surface area (Å²) < 4.78 is 14.1.